The normalized spacial score (nSPS) is 14.8. The van der Waals surface area contributed by atoms with E-state index >= 15 is 0 Å². The zero-order valence-electron chi connectivity index (χ0n) is 18.0. The van der Waals surface area contributed by atoms with Gasteiger partial charge >= 0.3 is 0 Å². The number of H-pyrrole nitrogens is 1. The Morgan fingerprint density at radius 3 is 2.79 bits per heavy atom. The number of aromatic nitrogens is 2. The number of para-hydroxylation sites is 2. The second-order valence-corrected chi connectivity index (χ2v) is 8.08. The average molecular weight is 468 g/mol. The summed E-state index contributed by atoms with van der Waals surface area (Å²) in [4.78, 5) is 44.8. The molecule has 0 saturated heterocycles. The van der Waals surface area contributed by atoms with Gasteiger partial charge in [0.05, 0.1) is 24.3 Å². The number of halogens is 1. The summed E-state index contributed by atoms with van der Waals surface area (Å²) in [5.41, 5.74) is 1.96. The molecule has 0 spiro atoms. The maximum atomic E-state index is 12.7. The highest BCUT2D eigenvalue weighted by molar-refractivity contribution is 6.31. The third-order valence-electron chi connectivity index (χ3n) is 5.33. The summed E-state index contributed by atoms with van der Waals surface area (Å²) in [7, 11) is 1.54. The lowest BCUT2D eigenvalue weighted by Gasteiger charge is -2.23. The van der Waals surface area contributed by atoms with Crippen LogP contribution in [-0.4, -0.2) is 28.9 Å². The van der Waals surface area contributed by atoms with E-state index in [0.717, 1.165) is 5.56 Å². The first-order chi connectivity index (χ1) is 15.8. The molecule has 1 unspecified atom stereocenters. The van der Waals surface area contributed by atoms with Gasteiger partial charge < -0.3 is 20.7 Å². The van der Waals surface area contributed by atoms with E-state index in [2.05, 4.69) is 25.9 Å². The van der Waals surface area contributed by atoms with E-state index in [9.17, 15) is 14.4 Å². The minimum atomic E-state index is -0.700. The zero-order chi connectivity index (χ0) is 23.5. The van der Waals surface area contributed by atoms with Crippen LogP contribution in [0.25, 0.3) is 0 Å². The number of carbonyl (C=O) groups is 2. The van der Waals surface area contributed by atoms with Gasteiger partial charge in [-0.25, -0.2) is 0 Å². The molecule has 0 bridgehead atoms. The molecule has 2 heterocycles. The van der Waals surface area contributed by atoms with Crippen molar-refractivity contribution in [3.8, 4) is 5.75 Å². The number of aryl methyl sites for hydroxylation is 1. The van der Waals surface area contributed by atoms with Crippen molar-refractivity contribution in [1.29, 1.82) is 0 Å². The van der Waals surface area contributed by atoms with E-state index in [1.165, 1.54) is 7.11 Å². The highest BCUT2D eigenvalue weighted by atomic mass is 35.5. The number of rotatable bonds is 6. The number of methoxy groups -OCH3 is 1. The molecule has 4 rings (SSSR count). The Labute approximate surface area is 194 Å². The standard InChI is InChI=1S/C23H22ClN5O4/c1-12-7-8-14(11-16(12)24)25-19(30)10-13-9-15-20(27-21(13)31)28-23(29-22(15)32)26-17-5-3-4-6-18(17)33-2/h3-8,11,13H,9-10H2,1-2H3,(H,25,30)(H3,26,27,28,29,31,32). The van der Waals surface area contributed by atoms with Crippen LogP contribution in [0.2, 0.25) is 5.02 Å². The quantitative estimate of drug-likeness (QED) is 0.438. The SMILES string of the molecule is COc1ccccc1Nc1nc2c(c(=O)[nH]1)CC(CC(=O)Nc1ccc(C)c(Cl)c1)C(=O)N2. The van der Waals surface area contributed by atoms with E-state index in [1.807, 2.05) is 19.1 Å². The van der Waals surface area contributed by atoms with Gasteiger partial charge in [0.1, 0.15) is 11.6 Å². The number of ether oxygens (including phenoxy) is 1. The van der Waals surface area contributed by atoms with Gasteiger partial charge in [0, 0.05) is 17.1 Å². The van der Waals surface area contributed by atoms with E-state index in [0.29, 0.717) is 27.7 Å². The van der Waals surface area contributed by atoms with Gasteiger partial charge in [0.2, 0.25) is 17.8 Å². The molecule has 33 heavy (non-hydrogen) atoms. The fourth-order valence-electron chi connectivity index (χ4n) is 3.55. The number of hydrogen-bond donors (Lipinski definition) is 4. The maximum Gasteiger partial charge on any atom is 0.257 e. The predicted octanol–water partition coefficient (Wildman–Crippen LogP) is 3.62. The van der Waals surface area contributed by atoms with Crippen molar-refractivity contribution in [3.63, 3.8) is 0 Å². The predicted molar refractivity (Wildman–Crippen MR) is 126 cm³/mol. The van der Waals surface area contributed by atoms with Crippen LogP contribution in [0.5, 0.6) is 5.75 Å². The number of aromatic amines is 1. The summed E-state index contributed by atoms with van der Waals surface area (Å²) in [6.07, 6.45) is 0.0118. The van der Waals surface area contributed by atoms with Gasteiger partial charge in [0.25, 0.3) is 5.56 Å². The lowest BCUT2D eigenvalue weighted by atomic mass is 9.92. The molecule has 4 N–H and O–H groups in total. The summed E-state index contributed by atoms with van der Waals surface area (Å²) < 4.78 is 5.29. The molecule has 0 aliphatic carbocycles. The number of benzene rings is 2. The first kappa shape index (κ1) is 22.3. The third-order valence-corrected chi connectivity index (χ3v) is 5.73. The van der Waals surface area contributed by atoms with Crippen LogP contribution in [0, 0.1) is 12.8 Å². The topological polar surface area (TPSA) is 125 Å². The molecule has 10 heteroatoms. The maximum absolute atomic E-state index is 12.7. The van der Waals surface area contributed by atoms with E-state index in [4.69, 9.17) is 16.3 Å². The van der Waals surface area contributed by atoms with Crippen LogP contribution in [0.15, 0.2) is 47.3 Å². The minimum Gasteiger partial charge on any atom is -0.495 e. The molecule has 2 amide bonds. The fraction of sp³-hybridized carbons (Fsp3) is 0.217. The molecular formula is C23H22ClN5O4. The number of carbonyl (C=O) groups excluding carboxylic acids is 2. The van der Waals surface area contributed by atoms with E-state index in [1.54, 1.807) is 30.3 Å². The first-order valence-electron chi connectivity index (χ1n) is 10.2. The number of nitrogens with one attached hydrogen (secondary N) is 4. The summed E-state index contributed by atoms with van der Waals surface area (Å²) in [6, 6.07) is 12.3. The lowest BCUT2D eigenvalue weighted by molar-refractivity contribution is -0.125. The summed E-state index contributed by atoms with van der Waals surface area (Å²) in [5, 5.41) is 8.91. The van der Waals surface area contributed by atoms with Crippen molar-refractivity contribution in [2.24, 2.45) is 5.92 Å². The monoisotopic (exact) mass is 467 g/mol. The Bertz CT molecular complexity index is 1290. The van der Waals surface area contributed by atoms with Gasteiger partial charge in [-0.3, -0.25) is 19.4 Å². The molecular weight excluding hydrogens is 446 g/mol. The van der Waals surface area contributed by atoms with Crippen LogP contribution in [0.4, 0.5) is 23.1 Å². The summed E-state index contributed by atoms with van der Waals surface area (Å²) >= 11 is 6.09. The van der Waals surface area contributed by atoms with Gasteiger partial charge in [-0.2, -0.15) is 4.98 Å². The first-order valence-corrected chi connectivity index (χ1v) is 10.6. The Hall–Kier alpha value is -3.85. The van der Waals surface area contributed by atoms with Crippen molar-refractivity contribution in [3.05, 3.63) is 69.0 Å². The second kappa shape index (κ2) is 9.33. The third kappa shape index (κ3) is 4.98. The highest BCUT2D eigenvalue weighted by Crippen LogP contribution is 2.28. The number of hydrogen-bond acceptors (Lipinski definition) is 6. The molecule has 170 valence electrons. The number of amides is 2. The van der Waals surface area contributed by atoms with Gasteiger partial charge in [0.15, 0.2) is 0 Å². The number of fused-ring (bicyclic) bond motifs is 1. The molecule has 1 aliphatic rings. The molecule has 1 atom stereocenters. The van der Waals surface area contributed by atoms with Crippen LogP contribution in [0.3, 0.4) is 0 Å². The van der Waals surface area contributed by atoms with Crippen LogP contribution in [-0.2, 0) is 16.0 Å². The fourth-order valence-corrected chi connectivity index (χ4v) is 3.73. The van der Waals surface area contributed by atoms with Crippen molar-refractivity contribution in [2.45, 2.75) is 19.8 Å². The Morgan fingerprint density at radius 1 is 1.24 bits per heavy atom. The molecule has 2 aromatic carbocycles. The molecule has 9 nitrogen and oxygen atoms in total. The van der Waals surface area contributed by atoms with E-state index in [-0.39, 0.29) is 36.4 Å². The van der Waals surface area contributed by atoms with Crippen LogP contribution in [0.1, 0.15) is 17.5 Å². The van der Waals surface area contributed by atoms with Crippen molar-refractivity contribution in [2.75, 3.05) is 23.1 Å². The number of nitrogens with zero attached hydrogens (tertiary/aromatic N) is 1. The second-order valence-electron chi connectivity index (χ2n) is 7.67. The summed E-state index contributed by atoms with van der Waals surface area (Å²) in [5.74, 6) is -0.519. The number of anilines is 4. The highest BCUT2D eigenvalue weighted by Gasteiger charge is 2.31. The van der Waals surface area contributed by atoms with Gasteiger partial charge in [-0.15, -0.1) is 0 Å². The largest absolute Gasteiger partial charge is 0.495 e. The van der Waals surface area contributed by atoms with Crippen molar-refractivity contribution in [1.82, 2.24) is 9.97 Å². The Kier molecular flexibility index (Phi) is 6.32. The van der Waals surface area contributed by atoms with Gasteiger partial charge in [-0.05, 0) is 43.2 Å². The lowest BCUT2D eigenvalue weighted by Crippen LogP contribution is -2.37. The Balaban J connectivity index is 1.48. The molecule has 1 aromatic heterocycles. The van der Waals surface area contributed by atoms with Crippen LogP contribution >= 0.6 is 11.6 Å². The molecule has 0 fully saturated rings. The minimum absolute atomic E-state index is 0.0859. The van der Waals surface area contributed by atoms with Crippen LogP contribution < -0.4 is 26.2 Å². The zero-order valence-corrected chi connectivity index (χ0v) is 18.7. The molecule has 0 saturated carbocycles. The molecule has 1 aliphatic heterocycles. The summed E-state index contributed by atoms with van der Waals surface area (Å²) in [6.45, 7) is 1.86. The van der Waals surface area contributed by atoms with Crippen molar-refractivity contribution < 1.29 is 14.3 Å². The average Bonchev–Trinajstić information content (AvgIpc) is 2.77. The van der Waals surface area contributed by atoms with E-state index < -0.39 is 11.5 Å². The van der Waals surface area contributed by atoms with Crippen molar-refractivity contribution >= 4 is 46.6 Å². The molecule has 0 radical (unpaired) electrons. The van der Waals surface area contributed by atoms with Gasteiger partial charge in [-0.1, -0.05) is 29.8 Å². The molecule has 3 aromatic rings. The smallest absolute Gasteiger partial charge is 0.257 e. The Morgan fingerprint density at radius 2 is 2.03 bits per heavy atom.